The van der Waals surface area contributed by atoms with Crippen LogP contribution in [-0.2, 0) is 11.2 Å². The zero-order valence-corrected chi connectivity index (χ0v) is 12.9. The lowest BCUT2D eigenvalue weighted by Gasteiger charge is -2.29. The van der Waals surface area contributed by atoms with E-state index in [2.05, 4.69) is 28.1 Å². The molecule has 0 fully saturated rings. The van der Waals surface area contributed by atoms with Gasteiger partial charge in [0.1, 0.15) is 0 Å². The Bertz CT molecular complexity index is 462. The minimum atomic E-state index is -0.325. The van der Waals surface area contributed by atoms with Gasteiger partial charge in [-0.25, -0.2) is 0 Å². The summed E-state index contributed by atoms with van der Waals surface area (Å²) in [6.45, 7) is 6.79. The summed E-state index contributed by atoms with van der Waals surface area (Å²) in [4.78, 5) is 14.5. The van der Waals surface area contributed by atoms with Gasteiger partial charge in [-0.05, 0) is 43.0 Å². The van der Waals surface area contributed by atoms with Crippen molar-refractivity contribution in [1.82, 2.24) is 0 Å². The molecule has 0 saturated carbocycles. The van der Waals surface area contributed by atoms with Crippen molar-refractivity contribution in [2.24, 2.45) is 5.41 Å². The van der Waals surface area contributed by atoms with Gasteiger partial charge >= 0.3 is 0 Å². The number of rotatable bonds is 0. The Labute approximate surface area is 117 Å². The van der Waals surface area contributed by atoms with E-state index in [1.807, 2.05) is 31.7 Å². The number of nitrogens with zero attached hydrogens (tertiary/aromatic N) is 1. The maximum absolute atomic E-state index is 12.5. The van der Waals surface area contributed by atoms with Gasteiger partial charge in [-0.1, -0.05) is 36.7 Å². The third-order valence-corrected chi connectivity index (χ3v) is 3.79. The van der Waals surface area contributed by atoms with E-state index in [1.54, 1.807) is 0 Å². The Morgan fingerprint density at radius 1 is 1.28 bits per heavy atom. The number of carbonyl (C=O) groups is 1. The number of amides is 1. The first kappa shape index (κ1) is 13.6. The highest BCUT2D eigenvalue weighted by Gasteiger charge is 2.30. The van der Waals surface area contributed by atoms with Gasteiger partial charge in [0.25, 0.3) is 0 Å². The molecule has 0 N–H and O–H groups in total. The molecule has 1 aromatic rings. The summed E-state index contributed by atoms with van der Waals surface area (Å²) in [6.07, 6.45) is 3.29. The lowest BCUT2D eigenvalue weighted by atomic mass is 9.94. The normalized spacial score (nSPS) is 16.1. The van der Waals surface area contributed by atoms with Crippen LogP contribution in [0.15, 0.2) is 22.7 Å². The minimum Gasteiger partial charge on any atom is -0.312 e. The maximum atomic E-state index is 12.5. The van der Waals surface area contributed by atoms with E-state index in [0.717, 1.165) is 36.0 Å². The molecule has 1 heterocycles. The van der Waals surface area contributed by atoms with Crippen LogP contribution >= 0.6 is 15.9 Å². The van der Waals surface area contributed by atoms with Crippen molar-refractivity contribution in [3.63, 3.8) is 0 Å². The smallest absolute Gasteiger partial charge is 0.232 e. The van der Waals surface area contributed by atoms with Crippen LogP contribution in [0.4, 0.5) is 5.69 Å². The molecule has 2 nitrogen and oxygen atoms in total. The van der Waals surface area contributed by atoms with Crippen LogP contribution in [0.2, 0.25) is 0 Å². The minimum absolute atomic E-state index is 0.216. The number of benzene rings is 1. The van der Waals surface area contributed by atoms with Gasteiger partial charge in [0, 0.05) is 22.1 Å². The zero-order chi connectivity index (χ0) is 13.3. The van der Waals surface area contributed by atoms with E-state index in [-0.39, 0.29) is 11.3 Å². The van der Waals surface area contributed by atoms with Crippen molar-refractivity contribution in [2.75, 3.05) is 11.4 Å². The fourth-order valence-corrected chi connectivity index (χ4v) is 2.75. The Hall–Kier alpha value is -0.830. The molecule has 0 aromatic heterocycles. The molecule has 0 unspecified atom stereocenters. The first-order valence-corrected chi connectivity index (χ1v) is 7.29. The summed E-state index contributed by atoms with van der Waals surface area (Å²) >= 11 is 3.51. The quantitative estimate of drug-likeness (QED) is 0.704. The summed E-state index contributed by atoms with van der Waals surface area (Å²) < 4.78 is 1.09. The summed E-state index contributed by atoms with van der Waals surface area (Å²) in [5.41, 5.74) is 2.05. The van der Waals surface area contributed by atoms with Crippen LogP contribution in [0.25, 0.3) is 0 Å². The van der Waals surface area contributed by atoms with E-state index in [1.165, 1.54) is 5.56 Å². The number of carbonyl (C=O) groups excluding carboxylic acids is 1. The molecule has 98 valence electrons. The molecule has 0 spiro atoms. The summed E-state index contributed by atoms with van der Waals surface area (Å²) in [6, 6.07) is 6.23. The fourth-order valence-electron chi connectivity index (χ4n) is 2.34. The topological polar surface area (TPSA) is 20.3 Å². The number of hydrogen-bond donors (Lipinski definition) is 0. The van der Waals surface area contributed by atoms with Crippen molar-refractivity contribution in [3.8, 4) is 0 Å². The molecule has 1 amide bonds. The van der Waals surface area contributed by atoms with Gasteiger partial charge in [-0.3, -0.25) is 4.79 Å². The van der Waals surface area contributed by atoms with E-state index < -0.39 is 0 Å². The molecule has 0 saturated heterocycles. The lowest BCUT2D eigenvalue weighted by molar-refractivity contribution is -0.125. The van der Waals surface area contributed by atoms with Crippen LogP contribution in [0, 0.1) is 5.41 Å². The molecule has 18 heavy (non-hydrogen) atoms. The van der Waals surface area contributed by atoms with Gasteiger partial charge in [-0.15, -0.1) is 0 Å². The SMILES string of the molecule is CC(C)(C)C(=O)N1CCCCc2cc(Br)ccc21. The molecule has 0 bridgehead atoms. The molecular formula is C15H20BrNO. The van der Waals surface area contributed by atoms with Gasteiger partial charge in [0.15, 0.2) is 0 Å². The van der Waals surface area contributed by atoms with Crippen LogP contribution < -0.4 is 4.90 Å². The number of halogens is 1. The van der Waals surface area contributed by atoms with Crippen molar-refractivity contribution < 1.29 is 4.79 Å². The molecule has 3 heteroatoms. The van der Waals surface area contributed by atoms with Gasteiger partial charge < -0.3 is 4.90 Å². The molecule has 1 aliphatic rings. The Balaban J connectivity index is 2.42. The van der Waals surface area contributed by atoms with Crippen molar-refractivity contribution in [2.45, 2.75) is 40.0 Å². The first-order chi connectivity index (χ1) is 8.39. The van der Waals surface area contributed by atoms with E-state index in [9.17, 15) is 4.79 Å². The lowest BCUT2D eigenvalue weighted by Crippen LogP contribution is -2.40. The summed E-state index contributed by atoms with van der Waals surface area (Å²) in [7, 11) is 0. The first-order valence-electron chi connectivity index (χ1n) is 6.50. The van der Waals surface area contributed by atoms with Crippen LogP contribution in [0.5, 0.6) is 0 Å². The highest BCUT2D eigenvalue weighted by atomic mass is 79.9. The molecule has 0 radical (unpaired) electrons. The predicted octanol–water partition coefficient (Wildman–Crippen LogP) is 4.16. The molecule has 2 rings (SSSR count). The van der Waals surface area contributed by atoms with Gasteiger partial charge in [-0.2, -0.15) is 0 Å². The Kier molecular flexibility index (Phi) is 3.81. The second-order valence-corrected chi connectivity index (χ2v) is 6.85. The van der Waals surface area contributed by atoms with Crippen LogP contribution in [0.1, 0.15) is 39.2 Å². The second-order valence-electron chi connectivity index (χ2n) is 5.94. The van der Waals surface area contributed by atoms with E-state index in [0.29, 0.717) is 0 Å². The fraction of sp³-hybridized carbons (Fsp3) is 0.533. The van der Waals surface area contributed by atoms with Crippen LogP contribution in [-0.4, -0.2) is 12.5 Å². The van der Waals surface area contributed by atoms with Crippen molar-refractivity contribution in [3.05, 3.63) is 28.2 Å². The zero-order valence-electron chi connectivity index (χ0n) is 11.3. The van der Waals surface area contributed by atoms with Gasteiger partial charge in [0.05, 0.1) is 0 Å². The summed E-state index contributed by atoms with van der Waals surface area (Å²) in [5, 5.41) is 0. The maximum Gasteiger partial charge on any atom is 0.232 e. The van der Waals surface area contributed by atoms with E-state index in [4.69, 9.17) is 0 Å². The third-order valence-electron chi connectivity index (χ3n) is 3.30. The Morgan fingerprint density at radius 2 is 2.00 bits per heavy atom. The van der Waals surface area contributed by atoms with Crippen molar-refractivity contribution in [1.29, 1.82) is 0 Å². The number of hydrogen-bond acceptors (Lipinski definition) is 1. The molecule has 1 aromatic carbocycles. The number of fused-ring (bicyclic) bond motifs is 1. The summed E-state index contributed by atoms with van der Waals surface area (Å²) in [5.74, 6) is 0.216. The Morgan fingerprint density at radius 3 is 2.67 bits per heavy atom. The largest absolute Gasteiger partial charge is 0.312 e. The standard InChI is InChI=1S/C15H20BrNO/c1-15(2,3)14(18)17-9-5-4-6-11-10-12(16)7-8-13(11)17/h7-8,10H,4-6,9H2,1-3H3. The molecule has 0 atom stereocenters. The predicted molar refractivity (Wildman–Crippen MR) is 78.9 cm³/mol. The monoisotopic (exact) mass is 309 g/mol. The average molecular weight is 310 g/mol. The third kappa shape index (κ3) is 2.77. The van der Waals surface area contributed by atoms with Crippen LogP contribution in [0.3, 0.4) is 0 Å². The highest BCUT2D eigenvalue weighted by molar-refractivity contribution is 9.10. The molecule has 0 aliphatic carbocycles. The molecular weight excluding hydrogens is 290 g/mol. The number of aryl methyl sites for hydroxylation is 1. The number of anilines is 1. The average Bonchev–Trinajstić information content (AvgIpc) is 2.48. The van der Waals surface area contributed by atoms with Crippen molar-refractivity contribution >= 4 is 27.5 Å². The van der Waals surface area contributed by atoms with Gasteiger partial charge in [0.2, 0.25) is 5.91 Å². The molecule has 1 aliphatic heterocycles. The highest BCUT2D eigenvalue weighted by Crippen LogP contribution is 2.32. The van der Waals surface area contributed by atoms with E-state index >= 15 is 0 Å². The second kappa shape index (κ2) is 5.04.